The zero-order chi connectivity index (χ0) is 29.6. The van der Waals surface area contributed by atoms with Crippen LogP contribution in [0, 0.1) is 0 Å². The van der Waals surface area contributed by atoms with Crippen molar-refractivity contribution in [2.45, 2.75) is 50.5 Å². The molecule has 0 amide bonds. The summed E-state index contributed by atoms with van der Waals surface area (Å²) >= 11 is 1.67. The van der Waals surface area contributed by atoms with Crippen LogP contribution in [0.1, 0.15) is 58.0 Å². The maximum Gasteiger partial charge on any atom is 0.337 e. The number of hydrogen-bond acceptors (Lipinski definition) is 9. The molecule has 0 radical (unpaired) electrons. The Morgan fingerprint density at radius 1 is 1.02 bits per heavy atom. The van der Waals surface area contributed by atoms with Crippen molar-refractivity contribution in [3.8, 4) is 11.5 Å². The summed E-state index contributed by atoms with van der Waals surface area (Å²) in [7, 11) is 1.41. The van der Waals surface area contributed by atoms with Gasteiger partial charge in [-0.05, 0) is 74.7 Å². The van der Waals surface area contributed by atoms with Crippen LogP contribution in [0.5, 0.6) is 11.5 Å². The highest BCUT2D eigenvalue weighted by Crippen LogP contribution is 2.45. The molecule has 9 nitrogen and oxygen atoms in total. The largest absolute Gasteiger partial charge is 0.485 e. The van der Waals surface area contributed by atoms with Crippen LogP contribution in [0.25, 0.3) is 21.3 Å². The molecule has 5 heterocycles. The van der Waals surface area contributed by atoms with Crippen molar-refractivity contribution in [2.75, 3.05) is 33.4 Å². The number of rotatable bonds is 7. The van der Waals surface area contributed by atoms with Gasteiger partial charge in [-0.3, -0.25) is 4.90 Å². The molecule has 0 bridgehead atoms. The number of carbonyl (C=O) groups excluding carboxylic acids is 1. The third-order valence-electron chi connectivity index (χ3n) is 9.06. The summed E-state index contributed by atoms with van der Waals surface area (Å²) in [5, 5.41) is 0.951. The molecule has 3 aliphatic heterocycles. The van der Waals surface area contributed by atoms with Gasteiger partial charge < -0.3 is 23.5 Å². The molecule has 10 heteroatoms. The predicted octanol–water partition coefficient (Wildman–Crippen LogP) is 6.11. The number of benzene rings is 3. The molecule has 0 unspecified atom stereocenters. The highest BCUT2D eigenvalue weighted by Gasteiger charge is 2.31. The van der Waals surface area contributed by atoms with Gasteiger partial charge in [0.2, 0.25) is 0 Å². The first-order valence-electron chi connectivity index (χ1n) is 15.3. The van der Waals surface area contributed by atoms with Gasteiger partial charge in [-0.2, -0.15) is 0 Å². The van der Waals surface area contributed by atoms with Crippen molar-refractivity contribution >= 4 is 38.6 Å². The van der Waals surface area contributed by atoms with Gasteiger partial charge in [0.25, 0.3) is 0 Å². The van der Waals surface area contributed by atoms with Crippen LogP contribution >= 0.6 is 11.3 Å². The smallest absolute Gasteiger partial charge is 0.337 e. The van der Waals surface area contributed by atoms with E-state index < -0.39 is 0 Å². The van der Waals surface area contributed by atoms with Crippen LogP contribution in [0.2, 0.25) is 0 Å². The SMILES string of the molecule is COC(=O)c1ccc2nc(CN3CCC(c4cccc5c4OC[C@H](c4nc6ccccc6s4)O5)CC3)n(C[C@@H]3CCO3)c2c1. The van der Waals surface area contributed by atoms with E-state index in [1.54, 1.807) is 17.4 Å². The molecule has 0 saturated carbocycles. The first-order valence-corrected chi connectivity index (χ1v) is 16.1. The Morgan fingerprint density at radius 2 is 1.89 bits per heavy atom. The molecule has 2 atom stereocenters. The quantitative estimate of drug-likeness (QED) is 0.204. The van der Waals surface area contributed by atoms with Gasteiger partial charge in [0.05, 0.1) is 53.1 Å². The second-order valence-corrected chi connectivity index (χ2v) is 12.8. The summed E-state index contributed by atoms with van der Waals surface area (Å²) in [6, 6.07) is 20.1. The van der Waals surface area contributed by atoms with E-state index in [9.17, 15) is 4.79 Å². The Kier molecular flexibility index (Phi) is 7.20. The normalized spacial score (nSPS) is 20.6. The Labute approximate surface area is 259 Å². The fraction of sp³-hybridized carbons (Fsp3) is 0.382. The fourth-order valence-corrected chi connectivity index (χ4v) is 7.56. The highest BCUT2D eigenvalue weighted by molar-refractivity contribution is 7.18. The highest BCUT2D eigenvalue weighted by atomic mass is 32.1. The summed E-state index contributed by atoms with van der Waals surface area (Å²) in [6.45, 7) is 4.66. The topological polar surface area (TPSA) is 87.9 Å². The molecule has 226 valence electrons. The van der Waals surface area contributed by atoms with Crippen molar-refractivity contribution in [3.63, 3.8) is 0 Å². The molecule has 2 aromatic heterocycles. The maximum atomic E-state index is 12.2. The molecule has 8 rings (SSSR count). The van der Waals surface area contributed by atoms with Crippen molar-refractivity contribution in [2.24, 2.45) is 0 Å². The number of fused-ring (bicyclic) bond motifs is 3. The minimum absolute atomic E-state index is 0.180. The van der Waals surface area contributed by atoms with Crippen molar-refractivity contribution in [3.05, 3.63) is 82.6 Å². The number of imidazole rings is 1. The van der Waals surface area contributed by atoms with E-state index in [-0.39, 0.29) is 18.2 Å². The van der Waals surface area contributed by atoms with Gasteiger partial charge in [0.15, 0.2) is 17.6 Å². The first-order chi connectivity index (χ1) is 21.6. The van der Waals surface area contributed by atoms with Crippen LogP contribution in [0.3, 0.4) is 0 Å². The number of hydrogen-bond donors (Lipinski definition) is 0. The van der Waals surface area contributed by atoms with Gasteiger partial charge in [-0.1, -0.05) is 24.3 Å². The Balaban J connectivity index is 0.969. The second kappa shape index (κ2) is 11.5. The van der Waals surface area contributed by atoms with Gasteiger partial charge >= 0.3 is 5.97 Å². The minimum atomic E-state index is -0.340. The average molecular weight is 611 g/mol. The molecule has 2 fully saturated rings. The summed E-state index contributed by atoms with van der Waals surface area (Å²) < 4.78 is 27.0. The van der Waals surface area contributed by atoms with Crippen LogP contribution in [-0.4, -0.2) is 64.9 Å². The molecule has 2 saturated heterocycles. The number of ether oxygens (including phenoxy) is 4. The zero-order valence-electron chi connectivity index (χ0n) is 24.6. The van der Waals surface area contributed by atoms with E-state index in [0.29, 0.717) is 18.1 Å². The Bertz CT molecular complexity index is 1810. The third kappa shape index (κ3) is 5.10. The number of carbonyl (C=O) groups is 1. The lowest BCUT2D eigenvalue weighted by molar-refractivity contribution is -0.0592. The van der Waals surface area contributed by atoms with E-state index >= 15 is 0 Å². The summed E-state index contributed by atoms with van der Waals surface area (Å²) in [6.07, 6.45) is 3.07. The van der Waals surface area contributed by atoms with Gasteiger partial charge in [0, 0.05) is 12.2 Å². The molecule has 0 aliphatic carbocycles. The number of likely N-dealkylation sites (tertiary alicyclic amines) is 1. The average Bonchev–Trinajstić information content (AvgIpc) is 3.63. The minimum Gasteiger partial charge on any atom is -0.485 e. The van der Waals surface area contributed by atoms with E-state index in [2.05, 4.69) is 27.7 Å². The molecule has 0 N–H and O–H groups in total. The fourth-order valence-electron chi connectivity index (χ4n) is 6.57. The predicted molar refractivity (Wildman–Crippen MR) is 168 cm³/mol. The third-order valence-corrected chi connectivity index (χ3v) is 10.2. The second-order valence-electron chi connectivity index (χ2n) is 11.8. The van der Waals surface area contributed by atoms with Gasteiger partial charge in [0.1, 0.15) is 17.4 Å². The molecule has 3 aliphatic rings. The molecular weight excluding hydrogens is 576 g/mol. The number of para-hydroxylation sites is 2. The van der Waals surface area contributed by atoms with Gasteiger partial charge in [-0.25, -0.2) is 14.8 Å². The van der Waals surface area contributed by atoms with Crippen molar-refractivity contribution in [1.29, 1.82) is 0 Å². The van der Waals surface area contributed by atoms with E-state index in [0.717, 1.165) is 95.6 Å². The van der Waals surface area contributed by atoms with E-state index in [4.69, 9.17) is 28.9 Å². The summed E-state index contributed by atoms with van der Waals surface area (Å²) in [4.78, 5) is 24.5. The maximum absolute atomic E-state index is 12.2. The lowest BCUT2D eigenvalue weighted by atomic mass is 9.88. The van der Waals surface area contributed by atoms with Crippen LogP contribution in [0.15, 0.2) is 60.7 Å². The van der Waals surface area contributed by atoms with Crippen molar-refractivity contribution < 1.29 is 23.7 Å². The number of nitrogens with zero attached hydrogens (tertiary/aromatic N) is 4. The molecular formula is C34H34N4O5S. The monoisotopic (exact) mass is 610 g/mol. The number of piperidine rings is 1. The number of esters is 1. The van der Waals surface area contributed by atoms with E-state index in [1.165, 1.54) is 12.7 Å². The standard InChI is InChI=1S/C34H34N4O5S/c1-40-34(39)22-9-10-25-27(17-22)38(18-23-13-16-41-23)31(35-25)19-37-14-11-21(12-15-37)24-5-4-7-28-32(24)42-20-29(43-28)33-36-26-6-2-3-8-30(26)44-33/h2-10,17,21,23,29H,11-16,18-20H2,1H3/t23-,29+/m0/s1. The van der Waals surface area contributed by atoms with Crippen LogP contribution < -0.4 is 9.47 Å². The molecule has 0 spiro atoms. The summed E-state index contributed by atoms with van der Waals surface area (Å²) in [5.41, 5.74) is 4.60. The van der Waals surface area contributed by atoms with E-state index in [1.807, 2.05) is 36.4 Å². The number of thiazole rings is 1. The van der Waals surface area contributed by atoms with Gasteiger partial charge in [-0.15, -0.1) is 11.3 Å². The van der Waals surface area contributed by atoms with Crippen LogP contribution in [-0.2, 0) is 22.6 Å². The molecule has 5 aromatic rings. The molecule has 44 heavy (non-hydrogen) atoms. The first kappa shape index (κ1) is 27.6. The number of methoxy groups -OCH3 is 1. The van der Waals surface area contributed by atoms with Crippen molar-refractivity contribution in [1.82, 2.24) is 19.4 Å². The lowest BCUT2D eigenvalue weighted by Gasteiger charge is -2.34. The molecule has 3 aromatic carbocycles. The lowest BCUT2D eigenvalue weighted by Crippen LogP contribution is -2.35. The zero-order valence-corrected chi connectivity index (χ0v) is 25.4. The number of aromatic nitrogens is 3. The Morgan fingerprint density at radius 3 is 2.68 bits per heavy atom. The van der Waals surface area contributed by atoms with Crippen LogP contribution in [0.4, 0.5) is 0 Å². The Hall–Kier alpha value is -3.99. The summed E-state index contributed by atoms with van der Waals surface area (Å²) in [5.74, 6) is 2.75.